The zero-order chi connectivity index (χ0) is 17.8. The van der Waals surface area contributed by atoms with E-state index < -0.39 is 0 Å². The molecule has 3 aliphatic rings. The maximum absolute atomic E-state index is 11.8. The van der Waals surface area contributed by atoms with Gasteiger partial charge in [0, 0.05) is 6.42 Å². The quantitative estimate of drug-likeness (QED) is 0.490. The van der Waals surface area contributed by atoms with Crippen molar-refractivity contribution in [1.82, 2.24) is 5.48 Å². The van der Waals surface area contributed by atoms with Crippen LogP contribution in [-0.4, -0.2) is 27.4 Å². The van der Waals surface area contributed by atoms with Crippen molar-refractivity contribution in [1.29, 1.82) is 0 Å². The van der Waals surface area contributed by atoms with Gasteiger partial charge in [-0.3, -0.25) is 10.0 Å². The fraction of sp³-hybridized carbons (Fsp3) is 0.650. The molecule has 0 aliphatic heterocycles. The molecule has 4 N–H and O–H groups in total. The van der Waals surface area contributed by atoms with Gasteiger partial charge in [0.05, 0.1) is 6.10 Å². The summed E-state index contributed by atoms with van der Waals surface area (Å²) in [5.41, 5.74) is 4.03. The van der Waals surface area contributed by atoms with Crippen molar-refractivity contribution in [3.8, 4) is 5.75 Å². The highest BCUT2D eigenvalue weighted by molar-refractivity contribution is 5.75. The van der Waals surface area contributed by atoms with Crippen LogP contribution in [0.2, 0.25) is 0 Å². The van der Waals surface area contributed by atoms with E-state index in [-0.39, 0.29) is 35.5 Å². The van der Waals surface area contributed by atoms with Crippen molar-refractivity contribution >= 4 is 5.91 Å². The maximum Gasteiger partial charge on any atom is 0.243 e. The monoisotopic (exact) mass is 345 g/mol. The molecule has 2 fully saturated rings. The third kappa shape index (κ3) is 2.56. The van der Waals surface area contributed by atoms with Crippen LogP contribution in [0, 0.1) is 17.3 Å². The van der Waals surface area contributed by atoms with Crippen LogP contribution >= 0.6 is 0 Å². The number of fused-ring (bicyclic) bond motifs is 5. The van der Waals surface area contributed by atoms with Crippen molar-refractivity contribution in [3.63, 3.8) is 0 Å². The molecule has 1 aromatic carbocycles. The Bertz CT molecular complexity index is 690. The third-order valence-electron chi connectivity index (χ3n) is 7.41. The molecular weight excluding hydrogens is 318 g/mol. The lowest BCUT2D eigenvalue weighted by Gasteiger charge is -2.51. The second-order valence-corrected chi connectivity index (χ2v) is 8.50. The first-order valence-electron chi connectivity index (χ1n) is 9.38. The fourth-order valence-corrected chi connectivity index (χ4v) is 6.15. The summed E-state index contributed by atoms with van der Waals surface area (Å²) >= 11 is 0. The van der Waals surface area contributed by atoms with E-state index in [4.69, 9.17) is 5.21 Å². The number of nitrogens with one attached hydrogen (secondary N) is 1. The highest BCUT2D eigenvalue weighted by Crippen LogP contribution is 2.62. The van der Waals surface area contributed by atoms with Crippen molar-refractivity contribution in [2.24, 2.45) is 17.3 Å². The second kappa shape index (κ2) is 5.99. The number of hydrogen-bond donors (Lipinski definition) is 4. The number of hydroxylamine groups is 1. The van der Waals surface area contributed by atoms with Crippen LogP contribution in [0.4, 0.5) is 0 Å². The SMILES string of the molecule is C[C@]12CC[C@@H]3c4ccc(O)cc4C(CC(=O)NO)C[C@H]3[C@@H]1CC[C@H]2O. The molecule has 1 aromatic rings. The number of aromatic hydroxyl groups is 1. The summed E-state index contributed by atoms with van der Waals surface area (Å²) in [5.74, 6) is 1.20. The van der Waals surface area contributed by atoms with Gasteiger partial charge >= 0.3 is 0 Å². The molecule has 136 valence electrons. The summed E-state index contributed by atoms with van der Waals surface area (Å²) in [5, 5.41) is 29.4. The summed E-state index contributed by atoms with van der Waals surface area (Å²) in [6.07, 6.45) is 4.87. The summed E-state index contributed by atoms with van der Waals surface area (Å²) in [6.45, 7) is 2.23. The first kappa shape index (κ1) is 16.9. The third-order valence-corrected chi connectivity index (χ3v) is 7.41. The number of carbonyl (C=O) groups excluding carboxylic acids is 1. The minimum absolute atomic E-state index is 0.00408. The van der Waals surface area contributed by atoms with Crippen LogP contribution in [0.15, 0.2) is 18.2 Å². The number of benzene rings is 1. The van der Waals surface area contributed by atoms with Crippen LogP contribution in [-0.2, 0) is 4.79 Å². The Labute approximate surface area is 148 Å². The topological polar surface area (TPSA) is 89.8 Å². The van der Waals surface area contributed by atoms with Crippen molar-refractivity contribution in [2.45, 2.75) is 63.4 Å². The Balaban J connectivity index is 1.73. The van der Waals surface area contributed by atoms with Crippen molar-refractivity contribution in [3.05, 3.63) is 29.3 Å². The Morgan fingerprint density at radius 2 is 2.08 bits per heavy atom. The average Bonchev–Trinajstić information content (AvgIpc) is 2.90. The van der Waals surface area contributed by atoms with Gasteiger partial charge in [0.1, 0.15) is 5.75 Å². The van der Waals surface area contributed by atoms with E-state index >= 15 is 0 Å². The predicted molar refractivity (Wildman–Crippen MR) is 92.3 cm³/mol. The molecule has 0 saturated heterocycles. The summed E-state index contributed by atoms with van der Waals surface area (Å²) in [7, 11) is 0. The molecule has 2 saturated carbocycles. The molecule has 6 atom stereocenters. The lowest BCUT2D eigenvalue weighted by Crippen LogP contribution is -2.44. The molecule has 1 unspecified atom stereocenters. The lowest BCUT2D eigenvalue weighted by atomic mass is 9.53. The Morgan fingerprint density at radius 1 is 1.28 bits per heavy atom. The molecule has 1 amide bonds. The lowest BCUT2D eigenvalue weighted by molar-refractivity contribution is -0.129. The molecule has 25 heavy (non-hydrogen) atoms. The van der Waals surface area contributed by atoms with Gasteiger partial charge in [0.25, 0.3) is 0 Å². The van der Waals surface area contributed by atoms with Gasteiger partial charge in [-0.05, 0) is 84.5 Å². The Morgan fingerprint density at radius 3 is 2.84 bits per heavy atom. The van der Waals surface area contributed by atoms with Crippen LogP contribution in [0.25, 0.3) is 0 Å². The predicted octanol–water partition coefficient (Wildman–Crippen LogP) is 3.05. The van der Waals surface area contributed by atoms with Gasteiger partial charge in [-0.25, -0.2) is 5.48 Å². The van der Waals surface area contributed by atoms with Gasteiger partial charge in [-0.2, -0.15) is 0 Å². The number of aliphatic hydroxyl groups is 1. The molecule has 3 aliphatic carbocycles. The zero-order valence-electron chi connectivity index (χ0n) is 14.6. The number of hydrogen-bond acceptors (Lipinski definition) is 4. The Kier molecular flexibility index (Phi) is 4.04. The van der Waals surface area contributed by atoms with E-state index in [2.05, 4.69) is 6.92 Å². The number of phenols is 1. The molecular formula is C20H27NO4. The summed E-state index contributed by atoms with van der Waals surface area (Å²) in [6, 6.07) is 5.54. The largest absolute Gasteiger partial charge is 0.508 e. The van der Waals surface area contributed by atoms with E-state index in [0.717, 1.165) is 37.7 Å². The highest BCUT2D eigenvalue weighted by atomic mass is 16.5. The first-order chi connectivity index (χ1) is 11.9. The minimum Gasteiger partial charge on any atom is -0.508 e. The maximum atomic E-state index is 11.8. The summed E-state index contributed by atoms with van der Waals surface area (Å²) < 4.78 is 0. The fourth-order valence-electron chi connectivity index (χ4n) is 6.15. The molecule has 4 rings (SSSR count). The normalized spacial score (nSPS) is 39.2. The number of phenolic OH excluding ortho intramolecular Hbond substituents is 1. The number of carbonyl (C=O) groups is 1. The number of rotatable bonds is 2. The molecule has 0 bridgehead atoms. The molecule has 0 aromatic heterocycles. The second-order valence-electron chi connectivity index (χ2n) is 8.50. The number of aliphatic hydroxyl groups excluding tert-OH is 1. The van der Waals surface area contributed by atoms with Crippen LogP contribution in [0.5, 0.6) is 5.75 Å². The molecule has 0 heterocycles. The zero-order valence-corrected chi connectivity index (χ0v) is 14.6. The van der Waals surface area contributed by atoms with E-state index in [1.54, 1.807) is 17.6 Å². The smallest absolute Gasteiger partial charge is 0.243 e. The molecule has 5 heteroatoms. The van der Waals surface area contributed by atoms with Crippen LogP contribution in [0.3, 0.4) is 0 Å². The standard InChI is InChI=1S/C20H27NO4/c1-20-7-6-14-13-3-2-12(22)10-15(13)11(9-19(24)21-25)8-16(14)17(20)4-5-18(20)23/h2-3,10-11,14,16-18,22-23,25H,4-9H2,1H3,(H,21,24)/t11?,14-,16-,17+,18-,20+/m1/s1. The van der Waals surface area contributed by atoms with Gasteiger partial charge in [0.2, 0.25) is 5.91 Å². The first-order valence-corrected chi connectivity index (χ1v) is 9.38. The number of amides is 1. The highest BCUT2D eigenvalue weighted by Gasteiger charge is 2.55. The van der Waals surface area contributed by atoms with Gasteiger partial charge < -0.3 is 10.2 Å². The van der Waals surface area contributed by atoms with Crippen LogP contribution < -0.4 is 5.48 Å². The Hall–Kier alpha value is -1.59. The van der Waals surface area contributed by atoms with Crippen LogP contribution in [0.1, 0.15) is 68.4 Å². The van der Waals surface area contributed by atoms with Crippen molar-refractivity contribution in [2.75, 3.05) is 0 Å². The van der Waals surface area contributed by atoms with Gasteiger partial charge in [0.15, 0.2) is 0 Å². The summed E-state index contributed by atoms with van der Waals surface area (Å²) in [4.78, 5) is 11.8. The van der Waals surface area contributed by atoms with Gasteiger partial charge in [-0.15, -0.1) is 0 Å². The molecule has 0 radical (unpaired) electrons. The van der Waals surface area contributed by atoms with E-state index in [1.807, 2.05) is 6.07 Å². The van der Waals surface area contributed by atoms with E-state index in [9.17, 15) is 15.0 Å². The average molecular weight is 345 g/mol. The minimum atomic E-state index is -0.386. The van der Waals surface area contributed by atoms with Crippen molar-refractivity contribution < 1.29 is 20.2 Å². The van der Waals surface area contributed by atoms with E-state index in [0.29, 0.717) is 17.8 Å². The molecule has 5 nitrogen and oxygen atoms in total. The van der Waals surface area contributed by atoms with Gasteiger partial charge in [-0.1, -0.05) is 13.0 Å². The van der Waals surface area contributed by atoms with E-state index in [1.165, 1.54) is 5.56 Å². The molecule has 0 spiro atoms.